The van der Waals surface area contributed by atoms with Gasteiger partial charge >= 0.3 is 0 Å². The summed E-state index contributed by atoms with van der Waals surface area (Å²) in [7, 11) is 0. The quantitative estimate of drug-likeness (QED) is 0.836. The summed E-state index contributed by atoms with van der Waals surface area (Å²) < 4.78 is 5.89. The summed E-state index contributed by atoms with van der Waals surface area (Å²) in [5.41, 5.74) is 2.45. The maximum absolute atomic E-state index is 5.89. The third kappa shape index (κ3) is 2.96. The molecule has 2 saturated heterocycles. The first-order valence-corrected chi connectivity index (χ1v) is 7.84. The van der Waals surface area contributed by atoms with E-state index in [0.717, 1.165) is 37.7 Å². The second-order valence-electron chi connectivity index (χ2n) is 5.95. The van der Waals surface area contributed by atoms with Crippen LogP contribution in [0, 0.1) is 6.92 Å². The fourth-order valence-electron chi connectivity index (χ4n) is 3.14. The smallest absolute Gasteiger partial charge is 0.128 e. The van der Waals surface area contributed by atoms with Crippen LogP contribution in [-0.2, 0) is 11.3 Å². The summed E-state index contributed by atoms with van der Waals surface area (Å²) in [4.78, 5) is 7.19. The first kappa shape index (κ1) is 13.8. The molecule has 20 heavy (non-hydrogen) atoms. The maximum Gasteiger partial charge on any atom is 0.128 e. The molecule has 0 aromatic carbocycles. The zero-order valence-corrected chi connectivity index (χ0v) is 12.6. The Kier molecular flexibility index (Phi) is 4.22. The van der Waals surface area contributed by atoms with Gasteiger partial charge in [-0.2, -0.15) is 0 Å². The molecule has 0 spiro atoms. The van der Waals surface area contributed by atoms with Crippen LogP contribution in [-0.4, -0.2) is 36.8 Å². The van der Waals surface area contributed by atoms with Crippen molar-refractivity contribution in [3.63, 3.8) is 0 Å². The number of pyridine rings is 1. The van der Waals surface area contributed by atoms with Crippen LogP contribution in [0.25, 0.3) is 0 Å². The molecule has 110 valence electrons. The van der Waals surface area contributed by atoms with Crippen molar-refractivity contribution in [3.8, 4) is 0 Å². The van der Waals surface area contributed by atoms with Crippen molar-refractivity contribution >= 4 is 5.82 Å². The number of ether oxygens (including phenoxy) is 1. The average molecular weight is 275 g/mol. The highest BCUT2D eigenvalue weighted by Crippen LogP contribution is 2.29. The number of anilines is 1. The highest BCUT2D eigenvalue weighted by Gasteiger charge is 2.34. The Hall–Kier alpha value is -1.13. The van der Waals surface area contributed by atoms with E-state index in [1.807, 2.05) is 0 Å². The molecule has 2 unspecified atom stereocenters. The highest BCUT2D eigenvalue weighted by atomic mass is 16.5. The monoisotopic (exact) mass is 275 g/mol. The van der Waals surface area contributed by atoms with Crippen LogP contribution in [0.4, 0.5) is 5.82 Å². The van der Waals surface area contributed by atoms with Crippen molar-refractivity contribution in [2.24, 2.45) is 0 Å². The summed E-state index contributed by atoms with van der Waals surface area (Å²) in [5.74, 6) is 1.11. The molecule has 2 fully saturated rings. The molecule has 2 atom stereocenters. The molecule has 4 nitrogen and oxygen atoms in total. The number of aromatic nitrogens is 1. The van der Waals surface area contributed by atoms with Crippen LogP contribution in [0.3, 0.4) is 0 Å². The first-order chi connectivity index (χ1) is 9.76. The zero-order chi connectivity index (χ0) is 13.9. The zero-order valence-electron chi connectivity index (χ0n) is 12.6. The Morgan fingerprint density at radius 3 is 2.70 bits per heavy atom. The van der Waals surface area contributed by atoms with Crippen LogP contribution < -0.4 is 10.2 Å². The van der Waals surface area contributed by atoms with Crippen molar-refractivity contribution in [2.45, 2.75) is 51.9 Å². The summed E-state index contributed by atoms with van der Waals surface area (Å²) in [6.07, 6.45) is 4.42. The lowest BCUT2D eigenvalue weighted by molar-refractivity contribution is 0.0302. The van der Waals surface area contributed by atoms with Crippen molar-refractivity contribution < 1.29 is 4.74 Å². The number of hydrogen-bond acceptors (Lipinski definition) is 4. The number of aryl methyl sites for hydroxylation is 1. The molecule has 3 rings (SSSR count). The van der Waals surface area contributed by atoms with Gasteiger partial charge in [-0.15, -0.1) is 0 Å². The molecular weight excluding hydrogens is 250 g/mol. The van der Waals surface area contributed by atoms with E-state index in [1.54, 1.807) is 0 Å². The minimum absolute atomic E-state index is 0.418. The van der Waals surface area contributed by atoms with Crippen LogP contribution in [0.2, 0.25) is 0 Å². The lowest BCUT2D eigenvalue weighted by atomic mass is 10.2. The number of nitrogens with one attached hydrogen (secondary N) is 1. The highest BCUT2D eigenvalue weighted by molar-refractivity contribution is 5.42. The van der Waals surface area contributed by atoms with Gasteiger partial charge in [0.1, 0.15) is 5.82 Å². The second-order valence-corrected chi connectivity index (χ2v) is 5.95. The minimum atomic E-state index is 0.418. The number of nitrogens with zero attached hydrogens (tertiary/aromatic N) is 2. The van der Waals surface area contributed by atoms with Gasteiger partial charge in [0, 0.05) is 25.3 Å². The van der Waals surface area contributed by atoms with E-state index >= 15 is 0 Å². The van der Waals surface area contributed by atoms with Gasteiger partial charge in [0.15, 0.2) is 0 Å². The summed E-state index contributed by atoms with van der Waals surface area (Å²) in [6.45, 7) is 8.28. The molecular formula is C16H25N3O. The van der Waals surface area contributed by atoms with Gasteiger partial charge in [-0.1, -0.05) is 13.0 Å². The fraction of sp³-hybridized carbons (Fsp3) is 0.688. The number of hydrogen-bond donors (Lipinski definition) is 1. The Labute approximate surface area is 121 Å². The Balaban J connectivity index is 1.67. The lowest BCUT2D eigenvalue weighted by Gasteiger charge is -2.33. The van der Waals surface area contributed by atoms with E-state index in [2.05, 4.69) is 36.2 Å². The standard InChI is InChI=1S/C16H25N3O/c1-3-8-17-9-13-4-7-16(18-12(13)2)19-10-14-5-6-15(11-19)20-14/h4,7,14-15,17H,3,5-6,8-11H2,1-2H3. The molecule has 0 saturated carbocycles. The lowest BCUT2D eigenvalue weighted by Crippen LogP contribution is -2.43. The Morgan fingerprint density at radius 1 is 1.30 bits per heavy atom. The van der Waals surface area contributed by atoms with Crippen LogP contribution in [0.1, 0.15) is 37.4 Å². The third-order valence-electron chi connectivity index (χ3n) is 4.29. The minimum Gasteiger partial charge on any atom is -0.371 e. The molecule has 3 heterocycles. The second kappa shape index (κ2) is 6.10. The van der Waals surface area contributed by atoms with Gasteiger partial charge in [-0.25, -0.2) is 4.98 Å². The summed E-state index contributed by atoms with van der Waals surface area (Å²) >= 11 is 0. The van der Waals surface area contributed by atoms with Crippen LogP contribution >= 0.6 is 0 Å². The van der Waals surface area contributed by atoms with E-state index in [9.17, 15) is 0 Å². The molecule has 4 heteroatoms. The summed E-state index contributed by atoms with van der Waals surface area (Å²) in [5, 5.41) is 3.44. The molecule has 2 bridgehead atoms. The topological polar surface area (TPSA) is 37.4 Å². The van der Waals surface area contributed by atoms with Crippen molar-refractivity contribution in [3.05, 3.63) is 23.4 Å². The van der Waals surface area contributed by atoms with E-state index in [0.29, 0.717) is 12.2 Å². The van der Waals surface area contributed by atoms with Gasteiger partial charge in [-0.05, 0) is 44.4 Å². The number of rotatable bonds is 5. The number of morpholine rings is 1. The Morgan fingerprint density at radius 2 is 2.05 bits per heavy atom. The van der Waals surface area contributed by atoms with Crippen LogP contribution in [0.15, 0.2) is 12.1 Å². The van der Waals surface area contributed by atoms with Crippen molar-refractivity contribution in [1.29, 1.82) is 0 Å². The average Bonchev–Trinajstić information content (AvgIpc) is 2.79. The molecule has 2 aliphatic heterocycles. The van der Waals surface area contributed by atoms with Gasteiger partial charge in [0.25, 0.3) is 0 Å². The SMILES string of the molecule is CCCNCc1ccc(N2CC3CCC(C2)O3)nc1C. The van der Waals surface area contributed by atoms with E-state index in [4.69, 9.17) is 9.72 Å². The molecule has 0 aliphatic carbocycles. The normalized spacial score (nSPS) is 25.2. The Bertz CT molecular complexity index is 451. The van der Waals surface area contributed by atoms with Gasteiger partial charge in [-0.3, -0.25) is 0 Å². The predicted molar refractivity (Wildman–Crippen MR) is 81.1 cm³/mol. The first-order valence-electron chi connectivity index (χ1n) is 7.84. The molecule has 1 aromatic heterocycles. The van der Waals surface area contributed by atoms with Crippen molar-refractivity contribution in [2.75, 3.05) is 24.5 Å². The van der Waals surface area contributed by atoms with Crippen LogP contribution in [0.5, 0.6) is 0 Å². The molecule has 1 N–H and O–H groups in total. The fourth-order valence-corrected chi connectivity index (χ4v) is 3.14. The molecule has 0 radical (unpaired) electrons. The predicted octanol–water partition coefficient (Wildman–Crippen LogP) is 2.26. The van der Waals surface area contributed by atoms with Gasteiger partial charge in [0.2, 0.25) is 0 Å². The molecule has 0 amide bonds. The number of fused-ring (bicyclic) bond motifs is 2. The van der Waals surface area contributed by atoms with E-state index in [-0.39, 0.29) is 0 Å². The van der Waals surface area contributed by atoms with E-state index < -0.39 is 0 Å². The van der Waals surface area contributed by atoms with Gasteiger partial charge < -0.3 is 15.0 Å². The van der Waals surface area contributed by atoms with Gasteiger partial charge in [0.05, 0.1) is 12.2 Å². The largest absolute Gasteiger partial charge is 0.371 e. The van der Waals surface area contributed by atoms with E-state index in [1.165, 1.54) is 24.8 Å². The maximum atomic E-state index is 5.89. The van der Waals surface area contributed by atoms with Crippen molar-refractivity contribution in [1.82, 2.24) is 10.3 Å². The third-order valence-corrected chi connectivity index (χ3v) is 4.29. The molecule has 1 aromatic rings. The summed E-state index contributed by atoms with van der Waals surface area (Å²) in [6, 6.07) is 4.39. The molecule has 2 aliphatic rings.